The molecule has 1 aliphatic rings. The second-order valence-corrected chi connectivity index (χ2v) is 4.50. The van der Waals surface area contributed by atoms with Gasteiger partial charge >= 0.3 is 0 Å². The van der Waals surface area contributed by atoms with Crippen molar-refractivity contribution in [2.75, 3.05) is 6.54 Å². The van der Waals surface area contributed by atoms with Crippen molar-refractivity contribution >= 4 is 0 Å². The summed E-state index contributed by atoms with van der Waals surface area (Å²) in [7, 11) is 0. The Morgan fingerprint density at radius 1 is 1.30 bits per heavy atom. The van der Waals surface area contributed by atoms with Crippen molar-refractivity contribution in [1.29, 1.82) is 0 Å². The quantitative estimate of drug-likeness (QED) is 0.544. The summed E-state index contributed by atoms with van der Waals surface area (Å²) in [4.78, 5) is 0. The Hall–Kier alpha value is -0.0400. The lowest BCUT2D eigenvalue weighted by molar-refractivity contribution is 0.225. The van der Waals surface area contributed by atoms with Crippen molar-refractivity contribution in [3.8, 4) is 0 Å². The minimum absolute atomic E-state index is 0.489. The SMILES string of the molecule is C[C@@H]1NCC[C@H]1C(C)(C)C. The van der Waals surface area contributed by atoms with E-state index < -0.39 is 0 Å². The topological polar surface area (TPSA) is 12.0 Å². The van der Waals surface area contributed by atoms with Crippen LogP contribution in [0.1, 0.15) is 34.1 Å². The average molecular weight is 141 g/mol. The maximum absolute atomic E-state index is 3.48. The van der Waals surface area contributed by atoms with Gasteiger partial charge in [0.2, 0.25) is 0 Å². The molecule has 0 saturated carbocycles. The van der Waals surface area contributed by atoms with Gasteiger partial charge in [-0.3, -0.25) is 0 Å². The molecule has 1 heterocycles. The Bertz CT molecular complexity index is 112. The molecule has 1 N–H and O–H groups in total. The van der Waals surface area contributed by atoms with E-state index in [9.17, 15) is 0 Å². The first-order valence-electron chi connectivity index (χ1n) is 4.25. The maximum atomic E-state index is 3.48. The summed E-state index contributed by atoms with van der Waals surface area (Å²) in [6.45, 7) is 10.5. The normalized spacial score (nSPS) is 34.8. The molecule has 0 bridgehead atoms. The maximum Gasteiger partial charge on any atom is 0.00724 e. The van der Waals surface area contributed by atoms with Crippen LogP contribution < -0.4 is 5.32 Å². The lowest BCUT2D eigenvalue weighted by Gasteiger charge is -2.29. The van der Waals surface area contributed by atoms with Gasteiger partial charge in [-0.25, -0.2) is 0 Å². The predicted molar refractivity (Wildman–Crippen MR) is 45.0 cm³/mol. The fourth-order valence-corrected chi connectivity index (χ4v) is 2.04. The third-order valence-corrected chi connectivity index (χ3v) is 2.64. The van der Waals surface area contributed by atoms with Gasteiger partial charge in [-0.1, -0.05) is 20.8 Å². The molecule has 0 aromatic heterocycles. The number of hydrogen-bond donors (Lipinski definition) is 1. The predicted octanol–water partition coefficient (Wildman–Crippen LogP) is 2.03. The fourth-order valence-electron chi connectivity index (χ4n) is 2.04. The molecule has 0 aromatic carbocycles. The molecule has 0 spiro atoms. The van der Waals surface area contributed by atoms with E-state index in [1.165, 1.54) is 13.0 Å². The van der Waals surface area contributed by atoms with E-state index in [0.29, 0.717) is 5.41 Å². The zero-order valence-electron chi connectivity index (χ0n) is 7.57. The molecular weight excluding hydrogens is 122 g/mol. The second-order valence-electron chi connectivity index (χ2n) is 4.50. The van der Waals surface area contributed by atoms with Crippen LogP contribution in [0.2, 0.25) is 0 Å². The summed E-state index contributed by atoms with van der Waals surface area (Å²) in [5.41, 5.74) is 0.489. The minimum atomic E-state index is 0.489. The first-order valence-corrected chi connectivity index (χ1v) is 4.25. The molecule has 10 heavy (non-hydrogen) atoms. The molecule has 0 unspecified atom stereocenters. The number of rotatable bonds is 0. The monoisotopic (exact) mass is 141 g/mol. The van der Waals surface area contributed by atoms with E-state index >= 15 is 0 Å². The first-order chi connectivity index (χ1) is 4.52. The van der Waals surface area contributed by atoms with Gasteiger partial charge in [0.15, 0.2) is 0 Å². The van der Waals surface area contributed by atoms with Crippen molar-refractivity contribution in [3.05, 3.63) is 0 Å². The molecular formula is C9H19N. The van der Waals surface area contributed by atoms with E-state index in [1.807, 2.05) is 0 Å². The highest BCUT2D eigenvalue weighted by Crippen LogP contribution is 2.33. The van der Waals surface area contributed by atoms with E-state index in [-0.39, 0.29) is 0 Å². The molecule has 2 atom stereocenters. The summed E-state index contributed by atoms with van der Waals surface area (Å²) in [6, 6.07) is 0.722. The lowest BCUT2D eigenvalue weighted by atomic mass is 9.77. The molecule has 1 saturated heterocycles. The third-order valence-electron chi connectivity index (χ3n) is 2.64. The number of hydrogen-bond acceptors (Lipinski definition) is 1. The van der Waals surface area contributed by atoms with E-state index in [2.05, 4.69) is 33.0 Å². The fraction of sp³-hybridized carbons (Fsp3) is 1.00. The van der Waals surface area contributed by atoms with Crippen molar-refractivity contribution in [2.24, 2.45) is 11.3 Å². The lowest BCUT2D eigenvalue weighted by Crippen LogP contribution is -2.31. The molecule has 0 aromatic rings. The van der Waals surface area contributed by atoms with Crippen LogP contribution in [0.4, 0.5) is 0 Å². The van der Waals surface area contributed by atoms with Crippen molar-refractivity contribution in [3.63, 3.8) is 0 Å². The molecule has 1 fully saturated rings. The standard InChI is InChI=1S/C9H19N/c1-7-8(5-6-10-7)9(2,3)4/h7-8,10H,5-6H2,1-4H3/t7-,8+/m0/s1. The van der Waals surface area contributed by atoms with Crippen molar-refractivity contribution < 1.29 is 0 Å². The molecule has 60 valence electrons. The van der Waals surface area contributed by atoms with Gasteiger partial charge in [0, 0.05) is 6.04 Å². The van der Waals surface area contributed by atoms with Crippen LogP contribution in [0.25, 0.3) is 0 Å². The van der Waals surface area contributed by atoms with Gasteiger partial charge in [0.05, 0.1) is 0 Å². The van der Waals surface area contributed by atoms with Gasteiger partial charge < -0.3 is 5.32 Å². The highest BCUT2D eigenvalue weighted by molar-refractivity contribution is 4.87. The van der Waals surface area contributed by atoms with Gasteiger partial charge in [0.25, 0.3) is 0 Å². The Morgan fingerprint density at radius 2 is 1.90 bits per heavy atom. The van der Waals surface area contributed by atoms with Crippen LogP contribution in [0.5, 0.6) is 0 Å². The van der Waals surface area contributed by atoms with Crippen LogP contribution in [0.3, 0.4) is 0 Å². The van der Waals surface area contributed by atoms with E-state index in [0.717, 1.165) is 12.0 Å². The van der Waals surface area contributed by atoms with Crippen LogP contribution in [-0.4, -0.2) is 12.6 Å². The molecule has 0 aliphatic carbocycles. The van der Waals surface area contributed by atoms with Crippen molar-refractivity contribution in [2.45, 2.75) is 40.2 Å². The van der Waals surface area contributed by atoms with Crippen LogP contribution in [0, 0.1) is 11.3 Å². The summed E-state index contributed by atoms with van der Waals surface area (Å²) < 4.78 is 0. The molecule has 1 aliphatic heterocycles. The summed E-state index contributed by atoms with van der Waals surface area (Å²) in [6.07, 6.45) is 1.35. The minimum Gasteiger partial charge on any atom is -0.314 e. The Balaban J connectivity index is 2.55. The highest BCUT2D eigenvalue weighted by atomic mass is 14.9. The molecule has 1 heteroatoms. The van der Waals surface area contributed by atoms with Gasteiger partial charge in [-0.2, -0.15) is 0 Å². The third kappa shape index (κ3) is 1.51. The highest BCUT2D eigenvalue weighted by Gasteiger charge is 2.32. The smallest absolute Gasteiger partial charge is 0.00724 e. The van der Waals surface area contributed by atoms with Crippen LogP contribution in [-0.2, 0) is 0 Å². The Morgan fingerprint density at radius 3 is 2.10 bits per heavy atom. The second kappa shape index (κ2) is 2.54. The van der Waals surface area contributed by atoms with E-state index in [4.69, 9.17) is 0 Å². The Labute approximate surface area is 64.2 Å². The summed E-state index contributed by atoms with van der Waals surface area (Å²) >= 11 is 0. The van der Waals surface area contributed by atoms with Crippen LogP contribution >= 0.6 is 0 Å². The van der Waals surface area contributed by atoms with Gasteiger partial charge in [-0.05, 0) is 31.2 Å². The van der Waals surface area contributed by atoms with Crippen molar-refractivity contribution in [1.82, 2.24) is 5.32 Å². The average Bonchev–Trinajstić information content (AvgIpc) is 2.11. The van der Waals surface area contributed by atoms with Gasteiger partial charge in [0.1, 0.15) is 0 Å². The van der Waals surface area contributed by atoms with Gasteiger partial charge in [-0.15, -0.1) is 0 Å². The summed E-state index contributed by atoms with van der Waals surface area (Å²) in [5.74, 6) is 0.868. The largest absolute Gasteiger partial charge is 0.314 e. The number of nitrogens with one attached hydrogen (secondary N) is 1. The Kier molecular flexibility index (Phi) is 2.04. The molecule has 1 nitrogen and oxygen atoms in total. The van der Waals surface area contributed by atoms with E-state index in [1.54, 1.807) is 0 Å². The summed E-state index contributed by atoms with van der Waals surface area (Å²) in [5, 5.41) is 3.48. The molecule has 1 rings (SSSR count). The zero-order valence-corrected chi connectivity index (χ0v) is 7.57. The van der Waals surface area contributed by atoms with Crippen LogP contribution in [0.15, 0.2) is 0 Å². The molecule has 0 amide bonds. The first kappa shape index (κ1) is 8.06. The zero-order chi connectivity index (χ0) is 7.78. The molecule has 0 radical (unpaired) electrons.